The zero-order valence-corrected chi connectivity index (χ0v) is 15.1. The monoisotopic (exact) mass is 383 g/mol. The number of nitrogens with two attached hydrogens (primary N) is 1. The summed E-state index contributed by atoms with van der Waals surface area (Å²) in [6.07, 6.45) is 1.51. The van der Waals surface area contributed by atoms with E-state index in [4.69, 9.17) is 34.3 Å². The molecule has 0 unspecified atom stereocenters. The van der Waals surface area contributed by atoms with E-state index in [2.05, 4.69) is 10.5 Å². The van der Waals surface area contributed by atoms with Crippen LogP contribution in [0, 0.1) is 0 Å². The number of rotatable bonds is 4. The predicted molar refractivity (Wildman–Crippen MR) is 108 cm³/mol. The number of nitrogens with zero attached hydrogens (tertiary/aromatic N) is 1. The van der Waals surface area contributed by atoms with Crippen molar-refractivity contribution in [2.75, 3.05) is 0 Å². The number of nitrogens with one attached hydrogen (secondary N) is 1. The topological polar surface area (TPSA) is 76.7 Å². The van der Waals surface area contributed by atoms with E-state index >= 15 is 0 Å². The molecular weight excluding hydrogens is 370 g/mol. The van der Waals surface area contributed by atoms with E-state index in [1.165, 1.54) is 6.21 Å². The average Bonchev–Trinajstić information content (AvgIpc) is 2.63. The number of halogens is 1. The Morgan fingerprint density at radius 1 is 1.12 bits per heavy atom. The number of fused-ring (bicyclic) bond motifs is 1. The summed E-state index contributed by atoms with van der Waals surface area (Å²) >= 11 is 10.8. The van der Waals surface area contributed by atoms with Crippen LogP contribution in [-0.4, -0.2) is 17.3 Å². The zero-order valence-electron chi connectivity index (χ0n) is 13.5. The quantitative estimate of drug-likeness (QED) is 0.235. The SMILES string of the molecule is NC(=S)N/N=C/c1c(OC(=O)c2ccccc2Cl)ccc2ccccc12. The van der Waals surface area contributed by atoms with Gasteiger partial charge in [0.25, 0.3) is 0 Å². The van der Waals surface area contributed by atoms with Crippen molar-refractivity contribution in [2.45, 2.75) is 0 Å². The van der Waals surface area contributed by atoms with Gasteiger partial charge in [0, 0.05) is 5.56 Å². The molecule has 130 valence electrons. The summed E-state index contributed by atoms with van der Waals surface area (Å²) in [5, 5.41) is 6.19. The van der Waals surface area contributed by atoms with Gasteiger partial charge in [0.2, 0.25) is 0 Å². The normalized spacial score (nSPS) is 10.8. The zero-order chi connectivity index (χ0) is 18.5. The third-order valence-electron chi connectivity index (χ3n) is 3.60. The van der Waals surface area contributed by atoms with Gasteiger partial charge in [-0.2, -0.15) is 5.10 Å². The van der Waals surface area contributed by atoms with Crippen molar-refractivity contribution in [1.29, 1.82) is 0 Å². The first kappa shape index (κ1) is 17.8. The van der Waals surface area contributed by atoms with Crippen molar-refractivity contribution in [3.63, 3.8) is 0 Å². The number of hydrogen-bond donors (Lipinski definition) is 2. The van der Waals surface area contributed by atoms with E-state index in [1.807, 2.05) is 30.3 Å². The summed E-state index contributed by atoms with van der Waals surface area (Å²) in [7, 11) is 0. The molecule has 0 atom stereocenters. The Kier molecular flexibility index (Phi) is 5.46. The Balaban J connectivity index is 2.02. The van der Waals surface area contributed by atoms with Crippen LogP contribution in [0.25, 0.3) is 10.8 Å². The second-order valence-electron chi connectivity index (χ2n) is 5.30. The van der Waals surface area contributed by atoms with Gasteiger partial charge in [-0.1, -0.05) is 54.1 Å². The lowest BCUT2D eigenvalue weighted by Gasteiger charge is -2.11. The van der Waals surface area contributed by atoms with Gasteiger partial charge >= 0.3 is 5.97 Å². The summed E-state index contributed by atoms with van der Waals surface area (Å²) in [5.41, 5.74) is 8.79. The lowest BCUT2D eigenvalue weighted by atomic mass is 10.0. The molecule has 0 aliphatic rings. The van der Waals surface area contributed by atoms with Crippen LogP contribution in [0.4, 0.5) is 0 Å². The fourth-order valence-corrected chi connectivity index (χ4v) is 2.71. The van der Waals surface area contributed by atoms with Crippen LogP contribution >= 0.6 is 23.8 Å². The molecule has 5 nitrogen and oxygen atoms in total. The molecule has 0 amide bonds. The first-order valence-corrected chi connectivity index (χ1v) is 8.42. The molecule has 0 fully saturated rings. The first-order valence-electron chi connectivity index (χ1n) is 7.63. The van der Waals surface area contributed by atoms with E-state index in [0.717, 1.165) is 10.8 Å². The molecule has 3 aromatic carbocycles. The van der Waals surface area contributed by atoms with E-state index < -0.39 is 5.97 Å². The molecule has 3 rings (SSSR count). The van der Waals surface area contributed by atoms with E-state index in [0.29, 0.717) is 16.3 Å². The second-order valence-corrected chi connectivity index (χ2v) is 6.15. The second kappa shape index (κ2) is 7.95. The molecular formula is C19H14ClN3O2S. The number of hydrogen-bond acceptors (Lipinski definition) is 4. The van der Waals surface area contributed by atoms with Crippen LogP contribution in [0.2, 0.25) is 5.02 Å². The average molecular weight is 384 g/mol. The molecule has 0 aromatic heterocycles. The number of carbonyl (C=O) groups excluding carboxylic acids is 1. The fraction of sp³-hybridized carbons (Fsp3) is 0. The molecule has 3 N–H and O–H groups in total. The number of hydrazone groups is 1. The number of carbonyl (C=O) groups is 1. The van der Waals surface area contributed by atoms with Gasteiger partial charge in [0.05, 0.1) is 16.8 Å². The lowest BCUT2D eigenvalue weighted by molar-refractivity contribution is 0.0735. The van der Waals surface area contributed by atoms with Gasteiger partial charge in [0.15, 0.2) is 5.11 Å². The Hall–Kier alpha value is -2.96. The van der Waals surface area contributed by atoms with E-state index in [1.54, 1.807) is 30.3 Å². The van der Waals surface area contributed by atoms with Gasteiger partial charge in [-0.15, -0.1) is 0 Å². The summed E-state index contributed by atoms with van der Waals surface area (Å²) in [6.45, 7) is 0. The molecule has 0 saturated carbocycles. The van der Waals surface area contributed by atoms with Crippen molar-refractivity contribution in [3.8, 4) is 5.75 Å². The molecule has 26 heavy (non-hydrogen) atoms. The van der Waals surface area contributed by atoms with Gasteiger partial charge in [0.1, 0.15) is 5.75 Å². The summed E-state index contributed by atoms with van der Waals surface area (Å²) < 4.78 is 5.57. The third-order valence-corrected chi connectivity index (χ3v) is 4.02. The summed E-state index contributed by atoms with van der Waals surface area (Å²) in [6, 6.07) is 17.9. The molecule has 0 aliphatic carbocycles. The Labute approximate surface area is 160 Å². The summed E-state index contributed by atoms with van der Waals surface area (Å²) in [5.74, 6) is -0.204. The summed E-state index contributed by atoms with van der Waals surface area (Å²) in [4.78, 5) is 12.5. The molecule has 7 heteroatoms. The van der Waals surface area contributed by atoms with Gasteiger partial charge in [-0.3, -0.25) is 5.43 Å². The van der Waals surface area contributed by atoms with E-state index in [-0.39, 0.29) is 10.7 Å². The predicted octanol–water partition coefficient (Wildman–Crippen LogP) is 3.88. The van der Waals surface area contributed by atoms with Gasteiger partial charge < -0.3 is 10.5 Å². The molecule has 0 heterocycles. The largest absolute Gasteiger partial charge is 0.422 e. The maximum absolute atomic E-state index is 12.5. The Morgan fingerprint density at radius 3 is 2.62 bits per heavy atom. The smallest absolute Gasteiger partial charge is 0.345 e. The lowest BCUT2D eigenvalue weighted by Crippen LogP contribution is -2.24. The first-order chi connectivity index (χ1) is 12.6. The minimum atomic E-state index is -0.553. The van der Waals surface area contributed by atoms with Crippen LogP contribution in [0.3, 0.4) is 0 Å². The maximum Gasteiger partial charge on any atom is 0.345 e. The Morgan fingerprint density at radius 2 is 1.85 bits per heavy atom. The number of ether oxygens (including phenoxy) is 1. The van der Waals surface area contributed by atoms with E-state index in [9.17, 15) is 4.79 Å². The van der Waals surface area contributed by atoms with Crippen LogP contribution in [-0.2, 0) is 0 Å². The molecule has 0 bridgehead atoms. The fourth-order valence-electron chi connectivity index (χ4n) is 2.44. The molecule has 0 aliphatic heterocycles. The maximum atomic E-state index is 12.5. The third kappa shape index (κ3) is 3.99. The molecule has 3 aromatic rings. The number of thiocarbonyl (C=S) groups is 1. The van der Waals surface area contributed by atoms with Crippen LogP contribution < -0.4 is 15.9 Å². The van der Waals surface area contributed by atoms with Crippen molar-refractivity contribution >= 4 is 51.9 Å². The number of esters is 1. The number of benzene rings is 3. The van der Waals surface area contributed by atoms with Crippen molar-refractivity contribution in [3.05, 3.63) is 76.8 Å². The standard InChI is InChI=1S/C19H14ClN3O2S/c20-16-8-4-3-7-14(16)18(24)25-17-10-9-12-5-1-2-6-13(12)15(17)11-22-23-19(21)26/h1-11H,(H3,21,23,26)/b22-11+. The van der Waals surface area contributed by atoms with Crippen molar-refractivity contribution < 1.29 is 9.53 Å². The Bertz CT molecular complexity index is 1020. The van der Waals surface area contributed by atoms with Crippen LogP contribution in [0.1, 0.15) is 15.9 Å². The van der Waals surface area contributed by atoms with Gasteiger partial charge in [-0.05, 0) is 41.2 Å². The molecule has 0 radical (unpaired) electrons. The van der Waals surface area contributed by atoms with Crippen LogP contribution in [0.15, 0.2) is 65.8 Å². The minimum absolute atomic E-state index is 0.0381. The highest BCUT2D eigenvalue weighted by molar-refractivity contribution is 7.80. The van der Waals surface area contributed by atoms with Crippen LogP contribution in [0.5, 0.6) is 5.75 Å². The highest BCUT2D eigenvalue weighted by Gasteiger charge is 2.15. The molecule has 0 saturated heterocycles. The van der Waals surface area contributed by atoms with Crippen molar-refractivity contribution in [1.82, 2.24) is 5.43 Å². The van der Waals surface area contributed by atoms with Gasteiger partial charge in [-0.25, -0.2) is 4.79 Å². The minimum Gasteiger partial charge on any atom is -0.422 e. The highest BCUT2D eigenvalue weighted by atomic mass is 35.5. The van der Waals surface area contributed by atoms with Crippen molar-refractivity contribution in [2.24, 2.45) is 10.8 Å². The highest BCUT2D eigenvalue weighted by Crippen LogP contribution is 2.28. The molecule has 0 spiro atoms.